The van der Waals surface area contributed by atoms with Crippen LogP contribution in [0.2, 0.25) is 0 Å². The van der Waals surface area contributed by atoms with E-state index in [1.165, 1.54) is 23.2 Å². The zero-order valence-corrected chi connectivity index (χ0v) is 19.5. The summed E-state index contributed by atoms with van der Waals surface area (Å²) in [5.74, 6) is -1.65. The number of benzene rings is 1. The van der Waals surface area contributed by atoms with Crippen LogP contribution in [-0.2, 0) is 25.7 Å². The van der Waals surface area contributed by atoms with Crippen molar-refractivity contribution in [2.45, 2.75) is 44.8 Å². The standard InChI is InChI=1S/C24H32FN3O5/c1-17(23(32)26-13-19-5-7-20(25)8-6-19)14-28(21(15-29)22(31)16-30)18(2)24(9-10-24)27(3)11-12-33-4/h5-8,14-16,18,29H,9-13H2,1-4H3,(H,26,32)/b17-14+,21-15?/t18-/m0/s1. The number of nitrogens with zero attached hydrogens (tertiary/aromatic N) is 2. The molecule has 0 heterocycles. The number of methoxy groups -OCH3 is 1. The molecular weight excluding hydrogens is 429 g/mol. The molecule has 1 aromatic rings. The highest BCUT2D eigenvalue weighted by atomic mass is 19.1. The largest absolute Gasteiger partial charge is 0.513 e. The minimum absolute atomic E-state index is 0.133. The maximum Gasteiger partial charge on any atom is 0.248 e. The molecule has 1 aromatic carbocycles. The number of ether oxygens (including phenoxy) is 1. The third-order valence-electron chi connectivity index (χ3n) is 6.17. The molecule has 1 fully saturated rings. The Morgan fingerprint density at radius 3 is 2.45 bits per heavy atom. The molecule has 2 rings (SSSR count). The lowest BCUT2D eigenvalue weighted by molar-refractivity contribution is -0.128. The van der Waals surface area contributed by atoms with Gasteiger partial charge in [-0.05, 0) is 51.4 Å². The molecule has 0 bridgehead atoms. The van der Waals surface area contributed by atoms with Crippen LogP contribution < -0.4 is 5.32 Å². The number of amides is 1. The van der Waals surface area contributed by atoms with Crippen molar-refractivity contribution >= 4 is 18.0 Å². The fourth-order valence-electron chi connectivity index (χ4n) is 3.86. The molecule has 9 heteroatoms. The Labute approximate surface area is 193 Å². The van der Waals surface area contributed by atoms with Crippen molar-refractivity contribution in [1.29, 1.82) is 0 Å². The number of allylic oxidation sites excluding steroid dienone is 1. The Bertz CT molecular complexity index is 909. The van der Waals surface area contributed by atoms with E-state index in [-0.39, 0.29) is 41.5 Å². The minimum atomic E-state index is -0.893. The first-order chi connectivity index (χ1) is 15.7. The van der Waals surface area contributed by atoms with Crippen molar-refractivity contribution in [1.82, 2.24) is 15.1 Å². The van der Waals surface area contributed by atoms with E-state index in [1.54, 1.807) is 26.2 Å². The first-order valence-corrected chi connectivity index (χ1v) is 10.7. The van der Waals surface area contributed by atoms with Gasteiger partial charge in [0.2, 0.25) is 11.7 Å². The number of aliphatic hydroxyl groups excluding tert-OH is 1. The van der Waals surface area contributed by atoms with Gasteiger partial charge >= 0.3 is 0 Å². The first kappa shape index (κ1) is 26.2. The maximum atomic E-state index is 13.1. The van der Waals surface area contributed by atoms with Gasteiger partial charge in [0.15, 0.2) is 6.29 Å². The Morgan fingerprint density at radius 1 is 1.30 bits per heavy atom. The van der Waals surface area contributed by atoms with Crippen LogP contribution >= 0.6 is 0 Å². The second-order valence-corrected chi connectivity index (χ2v) is 8.22. The smallest absolute Gasteiger partial charge is 0.248 e. The van der Waals surface area contributed by atoms with Crippen LogP contribution in [0.4, 0.5) is 4.39 Å². The van der Waals surface area contributed by atoms with E-state index in [9.17, 15) is 23.9 Å². The Balaban J connectivity index is 2.26. The number of halogens is 1. The number of hydrogen-bond acceptors (Lipinski definition) is 7. The van der Waals surface area contributed by atoms with Gasteiger partial charge in [-0.3, -0.25) is 19.3 Å². The van der Waals surface area contributed by atoms with Crippen LogP contribution in [0.5, 0.6) is 0 Å². The maximum absolute atomic E-state index is 13.1. The number of ketones is 1. The highest BCUT2D eigenvalue weighted by molar-refractivity contribution is 6.32. The van der Waals surface area contributed by atoms with Crippen LogP contribution in [0.25, 0.3) is 0 Å². The zero-order chi connectivity index (χ0) is 24.6. The van der Waals surface area contributed by atoms with Gasteiger partial charge in [-0.15, -0.1) is 0 Å². The third kappa shape index (κ3) is 6.49. The van der Waals surface area contributed by atoms with Gasteiger partial charge in [0.25, 0.3) is 0 Å². The molecule has 0 radical (unpaired) electrons. The molecule has 8 nitrogen and oxygen atoms in total. The second kappa shape index (κ2) is 11.7. The number of aldehydes is 1. The molecule has 1 aliphatic rings. The molecule has 1 amide bonds. The number of hydrogen-bond donors (Lipinski definition) is 2. The normalized spacial score (nSPS) is 16.3. The lowest BCUT2D eigenvalue weighted by atomic mass is 10.0. The molecule has 0 saturated heterocycles. The summed E-state index contributed by atoms with van der Waals surface area (Å²) in [5.41, 5.74) is 0.482. The Morgan fingerprint density at radius 2 is 1.94 bits per heavy atom. The van der Waals surface area contributed by atoms with Crippen molar-refractivity contribution in [2.75, 3.05) is 27.3 Å². The van der Waals surface area contributed by atoms with E-state index in [0.717, 1.165) is 18.4 Å². The van der Waals surface area contributed by atoms with Crippen LogP contribution in [0.15, 0.2) is 48.0 Å². The van der Waals surface area contributed by atoms with Crippen molar-refractivity contribution in [2.24, 2.45) is 0 Å². The fraction of sp³-hybridized carbons (Fsp3) is 0.458. The van der Waals surface area contributed by atoms with E-state index >= 15 is 0 Å². The van der Waals surface area contributed by atoms with Gasteiger partial charge < -0.3 is 20.1 Å². The molecular formula is C24H32FN3O5. The number of likely N-dealkylation sites (N-methyl/N-ethyl adjacent to an activating group) is 1. The number of carbonyl (C=O) groups is 3. The number of Topliss-reactive ketones (excluding diaryl/α,β-unsaturated/α-hetero) is 1. The van der Waals surface area contributed by atoms with Crippen molar-refractivity contribution in [3.8, 4) is 0 Å². The summed E-state index contributed by atoms with van der Waals surface area (Å²) in [5, 5.41) is 12.5. The Hall–Kier alpha value is -3.04. The number of carbonyl (C=O) groups excluding carboxylic acids is 3. The summed E-state index contributed by atoms with van der Waals surface area (Å²) in [6, 6.07) is 5.44. The molecule has 1 atom stereocenters. The third-order valence-corrected chi connectivity index (χ3v) is 6.17. The topological polar surface area (TPSA) is 99.2 Å². The molecule has 0 spiro atoms. The summed E-state index contributed by atoms with van der Waals surface area (Å²) < 4.78 is 18.2. The van der Waals surface area contributed by atoms with Crippen molar-refractivity contribution in [3.05, 3.63) is 59.4 Å². The average Bonchev–Trinajstić information content (AvgIpc) is 3.63. The fourth-order valence-corrected chi connectivity index (χ4v) is 3.86. The molecule has 0 unspecified atom stereocenters. The summed E-state index contributed by atoms with van der Waals surface area (Å²) >= 11 is 0. The van der Waals surface area contributed by atoms with Gasteiger partial charge in [-0.1, -0.05) is 12.1 Å². The monoisotopic (exact) mass is 461 g/mol. The van der Waals surface area contributed by atoms with Crippen LogP contribution in [-0.4, -0.2) is 71.8 Å². The number of rotatable bonds is 13. The quantitative estimate of drug-likeness (QED) is 0.201. The molecule has 0 aliphatic heterocycles. The van der Waals surface area contributed by atoms with E-state index in [2.05, 4.69) is 10.2 Å². The van der Waals surface area contributed by atoms with E-state index in [1.807, 2.05) is 14.0 Å². The average molecular weight is 462 g/mol. The van der Waals surface area contributed by atoms with Crippen LogP contribution in [0.3, 0.4) is 0 Å². The second-order valence-electron chi connectivity index (χ2n) is 8.22. The van der Waals surface area contributed by atoms with Crippen molar-refractivity contribution in [3.63, 3.8) is 0 Å². The van der Waals surface area contributed by atoms with Crippen LogP contribution in [0.1, 0.15) is 32.3 Å². The molecule has 33 heavy (non-hydrogen) atoms. The predicted molar refractivity (Wildman–Crippen MR) is 122 cm³/mol. The summed E-state index contributed by atoms with van der Waals surface area (Å²) in [6.45, 7) is 4.85. The molecule has 180 valence electrons. The highest BCUT2D eigenvalue weighted by Crippen LogP contribution is 2.46. The first-order valence-electron chi connectivity index (χ1n) is 10.7. The van der Waals surface area contributed by atoms with Gasteiger partial charge in [-0.25, -0.2) is 4.39 Å². The summed E-state index contributed by atoms with van der Waals surface area (Å²) in [4.78, 5) is 39.7. The zero-order valence-electron chi connectivity index (χ0n) is 19.5. The van der Waals surface area contributed by atoms with E-state index in [4.69, 9.17) is 4.74 Å². The van der Waals surface area contributed by atoms with Gasteiger partial charge in [-0.2, -0.15) is 0 Å². The SMILES string of the molecule is COCCN(C)C1([C@H](C)N(/C=C(\C)C(=O)NCc2ccc(F)cc2)C(=CO)C(=O)C=O)CC1. The molecule has 1 saturated carbocycles. The van der Waals surface area contributed by atoms with Crippen LogP contribution in [0, 0.1) is 5.82 Å². The molecule has 2 N–H and O–H groups in total. The number of nitrogens with one attached hydrogen (secondary N) is 1. The lowest BCUT2D eigenvalue weighted by Crippen LogP contribution is -2.51. The van der Waals surface area contributed by atoms with Gasteiger partial charge in [0, 0.05) is 43.6 Å². The van der Waals surface area contributed by atoms with Gasteiger partial charge in [0.1, 0.15) is 17.8 Å². The minimum Gasteiger partial charge on any atom is -0.513 e. The number of aliphatic hydroxyl groups is 1. The summed E-state index contributed by atoms with van der Waals surface area (Å²) in [6.07, 6.45) is 3.90. The molecule has 0 aromatic heterocycles. The van der Waals surface area contributed by atoms with Crippen molar-refractivity contribution < 1.29 is 28.6 Å². The van der Waals surface area contributed by atoms with Gasteiger partial charge in [0.05, 0.1) is 6.61 Å². The highest BCUT2D eigenvalue weighted by Gasteiger charge is 2.53. The van der Waals surface area contributed by atoms with E-state index in [0.29, 0.717) is 19.4 Å². The lowest BCUT2D eigenvalue weighted by Gasteiger charge is -2.40. The predicted octanol–water partition coefficient (Wildman–Crippen LogP) is 2.31. The molecule has 1 aliphatic carbocycles. The van der Waals surface area contributed by atoms with E-state index < -0.39 is 11.7 Å². The summed E-state index contributed by atoms with van der Waals surface area (Å²) in [7, 11) is 3.58. The Kier molecular flexibility index (Phi) is 9.31.